The number of hydrogen-bond donors (Lipinski definition) is 0. The fraction of sp³-hybridized carbons (Fsp3) is 0.200. The van der Waals surface area contributed by atoms with E-state index in [2.05, 4.69) is 18.0 Å². The molecule has 1 nitrogen and oxygen atoms in total. The highest BCUT2D eigenvalue weighted by atomic mass is 16.5. The van der Waals surface area contributed by atoms with E-state index in [1.807, 2.05) is 13.0 Å². The highest BCUT2D eigenvalue weighted by Crippen LogP contribution is 2.18. The molecule has 1 aliphatic carbocycles. The van der Waals surface area contributed by atoms with Gasteiger partial charge in [0.2, 0.25) is 0 Å². The summed E-state index contributed by atoms with van der Waals surface area (Å²) in [7, 11) is 1.63. The van der Waals surface area contributed by atoms with Crippen LogP contribution in [-0.4, -0.2) is 7.11 Å². The molecule has 0 bridgehead atoms. The van der Waals surface area contributed by atoms with Gasteiger partial charge in [-0.25, -0.2) is 0 Å². The lowest BCUT2D eigenvalue weighted by molar-refractivity contribution is 0.302. The summed E-state index contributed by atoms with van der Waals surface area (Å²) in [5.41, 5.74) is 7.63. The molecule has 1 aliphatic rings. The van der Waals surface area contributed by atoms with Gasteiger partial charge >= 0.3 is 0 Å². The minimum absolute atomic E-state index is 0.802. The quantitative estimate of drug-likeness (QED) is 0.543. The summed E-state index contributed by atoms with van der Waals surface area (Å²) in [5.74, 6) is 0.802. The lowest BCUT2D eigenvalue weighted by atomic mass is 10.1. The zero-order valence-corrected chi connectivity index (χ0v) is 6.77. The van der Waals surface area contributed by atoms with Gasteiger partial charge in [-0.3, -0.25) is 0 Å². The molecule has 0 fully saturated rings. The summed E-state index contributed by atoms with van der Waals surface area (Å²) in [6, 6.07) is 0. The van der Waals surface area contributed by atoms with E-state index < -0.39 is 0 Å². The Balaban J connectivity index is 3.09. The lowest BCUT2D eigenvalue weighted by Gasteiger charge is -2.07. The second-order valence-electron chi connectivity index (χ2n) is 2.33. The van der Waals surface area contributed by atoms with Crippen molar-refractivity contribution in [3.05, 3.63) is 47.1 Å². The summed E-state index contributed by atoms with van der Waals surface area (Å²) < 4.78 is 5.09. The molecule has 0 aromatic rings. The van der Waals surface area contributed by atoms with E-state index in [1.165, 1.54) is 0 Å². The molecule has 1 rings (SSSR count). The van der Waals surface area contributed by atoms with E-state index in [9.17, 15) is 0 Å². The third kappa shape index (κ3) is 1.53. The summed E-state index contributed by atoms with van der Waals surface area (Å²) in [6.45, 7) is 5.72. The topological polar surface area (TPSA) is 9.23 Å². The van der Waals surface area contributed by atoms with E-state index in [-0.39, 0.29) is 0 Å². The first-order chi connectivity index (χ1) is 5.25. The largest absolute Gasteiger partial charge is 0.495 e. The summed E-state index contributed by atoms with van der Waals surface area (Å²) in [5, 5.41) is 0. The number of allylic oxidation sites excluding steroid dienone is 3. The van der Waals surface area contributed by atoms with Gasteiger partial charge in [-0.2, -0.15) is 0 Å². The van der Waals surface area contributed by atoms with Crippen LogP contribution in [0.15, 0.2) is 47.1 Å². The van der Waals surface area contributed by atoms with Crippen LogP contribution in [0.3, 0.4) is 0 Å². The standard InChI is InChI=1S/C10H10O/c1-8(2)9-6-4-5-7-10(9)11-3/h5,7H,1H2,2-3H3. The van der Waals surface area contributed by atoms with Crippen molar-refractivity contribution in [2.24, 2.45) is 0 Å². The zero-order chi connectivity index (χ0) is 8.27. The average Bonchev–Trinajstić information content (AvgIpc) is 2.04. The molecular formula is C10H10O. The maximum absolute atomic E-state index is 5.09. The molecule has 0 saturated carbocycles. The SMILES string of the molecule is C=C(C)C1=C=C=CC=C1OC. The second kappa shape index (κ2) is 3.12. The van der Waals surface area contributed by atoms with Gasteiger partial charge in [0.15, 0.2) is 0 Å². The van der Waals surface area contributed by atoms with E-state index in [0.717, 1.165) is 16.9 Å². The van der Waals surface area contributed by atoms with Crippen LogP contribution in [-0.2, 0) is 4.74 Å². The molecule has 0 aliphatic heterocycles. The molecule has 0 unspecified atom stereocenters. The highest BCUT2D eigenvalue weighted by molar-refractivity contribution is 5.43. The summed E-state index contributed by atoms with van der Waals surface area (Å²) in [4.78, 5) is 0. The minimum Gasteiger partial charge on any atom is -0.495 e. The van der Waals surface area contributed by atoms with Crippen LogP contribution < -0.4 is 0 Å². The van der Waals surface area contributed by atoms with Gasteiger partial charge in [0.1, 0.15) is 5.76 Å². The third-order valence-electron chi connectivity index (χ3n) is 1.41. The Bertz CT molecular complexity index is 306. The first-order valence-electron chi connectivity index (χ1n) is 3.38. The maximum Gasteiger partial charge on any atom is 0.135 e. The Morgan fingerprint density at radius 1 is 1.64 bits per heavy atom. The third-order valence-corrected chi connectivity index (χ3v) is 1.41. The molecule has 11 heavy (non-hydrogen) atoms. The Morgan fingerprint density at radius 2 is 2.36 bits per heavy atom. The van der Waals surface area contributed by atoms with Gasteiger partial charge in [0, 0.05) is 0 Å². The molecule has 0 atom stereocenters. The Labute approximate surface area is 66.7 Å². The normalized spacial score (nSPS) is 14.0. The van der Waals surface area contributed by atoms with Crippen molar-refractivity contribution in [1.29, 1.82) is 0 Å². The van der Waals surface area contributed by atoms with Crippen molar-refractivity contribution in [1.82, 2.24) is 0 Å². The predicted molar refractivity (Wildman–Crippen MR) is 45.0 cm³/mol. The molecule has 0 amide bonds. The molecule has 0 radical (unpaired) electrons. The van der Waals surface area contributed by atoms with Gasteiger partial charge in [-0.15, -0.1) is 0 Å². The molecule has 0 heterocycles. The number of ether oxygens (including phenoxy) is 1. The Hall–Kier alpha value is -1.42. The number of rotatable bonds is 2. The molecule has 0 spiro atoms. The smallest absolute Gasteiger partial charge is 0.135 e. The van der Waals surface area contributed by atoms with E-state index >= 15 is 0 Å². The van der Waals surface area contributed by atoms with E-state index in [1.54, 1.807) is 13.2 Å². The molecule has 0 aromatic heterocycles. The fourth-order valence-corrected chi connectivity index (χ4v) is 0.863. The van der Waals surface area contributed by atoms with E-state index in [4.69, 9.17) is 4.74 Å². The van der Waals surface area contributed by atoms with Gasteiger partial charge in [0.05, 0.1) is 12.7 Å². The van der Waals surface area contributed by atoms with Crippen molar-refractivity contribution in [2.45, 2.75) is 6.92 Å². The maximum atomic E-state index is 5.09. The van der Waals surface area contributed by atoms with Gasteiger partial charge < -0.3 is 4.74 Å². The van der Waals surface area contributed by atoms with Gasteiger partial charge in [-0.1, -0.05) is 18.0 Å². The zero-order valence-electron chi connectivity index (χ0n) is 6.77. The van der Waals surface area contributed by atoms with Crippen LogP contribution in [0, 0.1) is 0 Å². The molecule has 56 valence electrons. The van der Waals surface area contributed by atoms with Crippen LogP contribution in [0.4, 0.5) is 0 Å². The van der Waals surface area contributed by atoms with Crippen molar-refractivity contribution >= 4 is 0 Å². The summed E-state index contributed by atoms with van der Waals surface area (Å²) >= 11 is 0. The van der Waals surface area contributed by atoms with Crippen molar-refractivity contribution in [3.63, 3.8) is 0 Å². The van der Waals surface area contributed by atoms with Crippen molar-refractivity contribution < 1.29 is 4.74 Å². The number of hydrogen-bond acceptors (Lipinski definition) is 1. The first kappa shape index (κ1) is 7.68. The first-order valence-corrected chi connectivity index (χ1v) is 3.38. The molecule has 1 heteroatoms. The summed E-state index contributed by atoms with van der Waals surface area (Å²) in [6.07, 6.45) is 3.62. The minimum atomic E-state index is 0.802. The van der Waals surface area contributed by atoms with Crippen LogP contribution >= 0.6 is 0 Å². The van der Waals surface area contributed by atoms with Gasteiger partial charge in [0.25, 0.3) is 0 Å². The van der Waals surface area contributed by atoms with Crippen LogP contribution in [0.25, 0.3) is 0 Å². The predicted octanol–water partition coefficient (Wildman–Crippen LogP) is 2.34. The molecule has 0 saturated heterocycles. The molecule has 0 N–H and O–H groups in total. The number of methoxy groups -OCH3 is 1. The van der Waals surface area contributed by atoms with Gasteiger partial charge in [-0.05, 0) is 24.6 Å². The average molecular weight is 146 g/mol. The van der Waals surface area contributed by atoms with Crippen LogP contribution in [0.5, 0.6) is 0 Å². The fourth-order valence-electron chi connectivity index (χ4n) is 0.863. The monoisotopic (exact) mass is 146 g/mol. The Kier molecular flexibility index (Phi) is 2.18. The van der Waals surface area contributed by atoms with Crippen LogP contribution in [0.2, 0.25) is 0 Å². The van der Waals surface area contributed by atoms with Crippen molar-refractivity contribution in [3.8, 4) is 0 Å². The van der Waals surface area contributed by atoms with E-state index in [0.29, 0.717) is 0 Å². The highest BCUT2D eigenvalue weighted by Gasteiger charge is 2.05. The second-order valence-corrected chi connectivity index (χ2v) is 2.33. The van der Waals surface area contributed by atoms with Crippen LogP contribution in [0.1, 0.15) is 6.92 Å². The van der Waals surface area contributed by atoms with Crippen molar-refractivity contribution in [2.75, 3.05) is 7.11 Å². The lowest BCUT2D eigenvalue weighted by Crippen LogP contribution is -1.93. The Morgan fingerprint density at radius 3 is 2.82 bits per heavy atom. The molecular weight excluding hydrogens is 136 g/mol. The molecule has 0 aromatic carbocycles.